The number of nitrogens with zero attached hydrogens (tertiary/aromatic N) is 5. The van der Waals surface area contributed by atoms with Crippen LogP contribution in [0, 0.1) is 13.8 Å². The van der Waals surface area contributed by atoms with E-state index in [0.29, 0.717) is 23.7 Å². The molecule has 7 nitrogen and oxygen atoms in total. The molecule has 5 rings (SSSR count). The highest BCUT2D eigenvalue weighted by Gasteiger charge is 2.28. The molecular weight excluding hydrogens is 378 g/mol. The van der Waals surface area contributed by atoms with E-state index >= 15 is 0 Å². The van der Waals surface area contributed by atoms with Gasteiger partial charge in [0.25, 0.3) is 5.56 Å². The smallest absolute Gasteiger partial charge is 0.310 e. The van der Waals surface area contributed by atoms with Crippen molar-refractivity contribution in [2.45, 2.75) is 26.9 Å². The summed E-state index contributed by atoms with van der Waals surface area (Å²) in [7, 11) is 1.68. The van der Waals surface area contributed by atoms with Gasteiger partial charge in [-0.3, -0.25) is 13.9 Å². The van der Waals surface area contributed by atoms with E-state index in [2.05, 4.69) is 24.0 Å². The van der Waals surface area contributed by atoms with Crippen molar-refractivity contribution < 1.29 is 0 Å². The van der Waals surface area contributed by atoms with Gasteiger partial charge in [0, 0.05) is 25.8 Å². The van der Waals surface area contributed by atoms with Crippen LogP contribution in [0.5, 0.6) is 0 Å². The van der Waals surface area contributed by atoms with Gasteiger partial charge in [-0.1, -0.05) is 36.4 Å². The Labute approximate surface area is 173 Å². The highest BCUT2D eigenvalue weighted by atomic mass is 16.2. The van der Waals surface area contributed by atoms with Crippen molar-refractivity contribution in [1.29, 1.82) is 0 Å². The second kappa shape index (κ2) is 6.73. The van der Waals surface area contributed by atoms with Crippen LogP contribution in [-0.2, 0) is 20.1 Å². The molecule has 0 N–H and O–H groups in total. The number of hydrogen-bond acceptors (Lipinski definition) is 4. The molecule has 1 aliphatic heterocycles. The maximum absolute atomic E-state index is 13.4. The topological polar surface area (TPSA) is 65.1 Å². The van der Waals surface area contributed by atoms with E-state index < -0.39 is 0 Å². The predicted molar refractivity (Wildman–Crippen MR) is 118 cm³/mol. The fraction of sp³-hybridized carbons (Fsp3) is 0.261. The molecular formula is C23H23N5O2. The number of aryl methyl sites for hydroxylation is 3. The van der Waals surface area contributed by atoms with Gasteiger partial charge in [0.1, 0.15) is 0 Å². The molecule has 0 amide bonds. The third-order valence-corrected chi connectivity index (χ3v) is 5.90. The summed E-state index contributed by atoms with van der Waals surface area (Å²) in [6, 6.07) is 16.0. The van der Waals surface area contributed by atoms with Gasteiger partial charge in [0.05, 0.1) is 6.54 Å². The van der Waals surface area contributed by atoms with E-state index in [4.69, 9.17) is 4.98 Å². The highest BCUT2D eigenvalue weighted by Crippen LogP contribution is 2.31. The molecule has 0 spiro atoms. The van der Waals surface area contributed by atoms with Crippen LogP contribution >= 0.6 is 0 Å². The number of imidazole rings is 1. The summed E-state index contributed by atoms with van der Waals surface area (Å²) in [5.74, 6) is 0.705. The lowest BCUT2D eigenvalue weighted by atomic mass is 10.1. The molecule has 1 aliphatic rings. The average Bonchev–Trinajstić information content (AvgIpc) is 3.30. The Morgan fingerprint density at radius 1 is 1.00 bits per heavy atom. The van der Waals surface area contributed by atoms with Crippen molar-refractivity contribution >= 4 is 22.8 Å². The van der Waals surface area contributed by atoms with Crippen molar-refractivity contribution in [3.8, 4) is 0 Å². The molecule has 30 heavy (non-hydrogen) atoms. The first kappa shape index (κ1) is 18.4. The molecule has 7 heteroatoms. The van der Waals surface area contributed by atoms with Gasteiger partial charge < -0.3 is 9.47 Å². The van der Waals surface area contributed by atoms with Crippen LogP contribution < -0.4 is 16.1 Å². The van der Waals surface area contributed by atoms with Crippen LogP contribution in [0.2, 0.25) is 0 Å². The predicted octanol–water partition coefficient (Wildman–Crippen LogP) is 2.71. The Morgan fingerprint density at radius 3 is 2.57 bits per heavy atom. The number of benzene rings is 2. The minimum absolute atomic E-state index is 0.246. The quantitative estimate of drug-likeness (QED) is 0.530. The second-order valence-electron chi connectivity index (χ2n) is 7.89. The van der Waals surface area contributed by atoms with Gasteiger partial charge in [-0.2, -0.15) is 4.98 Å². The van der Waals surface area contributed by atoms with Gasteiger partial charge in [-0.15, -0.1) is 0 Å². The van der Waals surface area contributed by atoms with E-state index in [1.165, 1.54) is 9.13 Å². The van der Waals surface area contributed by atoms with Crippen LogP contribution in [0.15, 0.2) is 58.1 Å². The van der Waals surface area contributed by atoms with Gasteiger partial charge in [0.2, 0.25) is 5.95 Å². The Hall–Kier alpha value is -3.61. The van der Waals surface area contributed by atoms with E-state index in [-0.39, 0.29) is 17.8 Å². The van der Waals surface area contributed by atoms with Crippen LogP contribution in [0.25, 0.3) is 11.2 Å². The van der Waals surface area contributed by atoms with E-state index in [0.717, 1.165) is 28.9 Å². The van der Waals surface area contributed by atoms with Crippen molar-refractivity contribution in [3.63, 3.8) is 0 Å². The molecule has 0 aliphatic carbocycles. The first-order chi connectivity index (χ1) is 14.5. The molecule has 0 radical (unpaired) electrons. The third-order valence-electron chi connectivity index (χ3n) is 5.90. The Bertz CT molecular complexity index is 1410. The van der Waals surface area contributed by atoms with Crippen molar-refractivity contribution in [3.05, 3.63) is 86.1 Å². The van der Waals surface area contributed by atoms with Crippen LogP contribution in [-0.4, -0.2) is 25.2 Å². The summed E-state index contributed by atoms with van der Waals surface area (Å²) < 4.78 is 4.73. The lowest BCUT2D eigenvalue weighted by Gasteiger charge is -2.16. The van der Waals surface area contributed by atoms with Gasteiger partial charge in [-0.25, -0.2) is 4.79 Å². The first-order valence-corrected chi connectivity index (χ1v) is 10.0. The lowest BCUT2D eigenvalue weighted by Crippen LogP contribution is -2.40. The molecule has 152 valence electrons. The SMILES string of the molecule is Cc1cccc(N2CCn3c2nc2c3c(=O)n(Cc3ccccc3C)c(=O)n2C)c1. The Balaban J connectivity index is 1.70. The minimum Gasteiger partial charge on any atom is -0.310 e. The van der Waals surface area contributed by atoms with Gasteiger partial charge in [-0.05, 0) is 42.7 Å². The summed E-state index contributed by atoms with van der Waals surface area (Å²) in [6.07, 6.45) is 0. The summed E-state index contributed by atoms with van der Waals surface area (Å²) in [6.45, 7) is 5.67. The van der Waals surface area contributed by atoms with Gasteiger partial charge >= 0.3 is 5.69 Å². The molecule has 2 aromatic heterocycles. The zero-order valence-corrected chi connectivity index (χ0v) is 17.3. The summed E-state index contributed by atoms with van der Waals surface area (Å²) in [4.78, 5) is 33.2. The van der Waals surface area contributed by atoms with E-state index in [9.17, 15) is 9.59 Å². The zero-order chi connectivity index (χ0) is 21.0. The number of fused-ring (bicyclic) bond motifs is 3. The lowest BCUT2D eigenvalue weighted by molar-refractivity contribution is 0.650. The first-order valence-electron chi connectivity index (χ1n) is 10.0. The fourth-order valence-corrected chi connectivity index (χ4v) is 4.22. The molecule has 0 atom stereocenters. The Kier molecular flexibility index (Phi) is 4.13. The molecule has 0 saturated heterocycles. The summed E-state index contributed by atoms with van der Waals surface area (Å²) in [5, 5.41) is 0. The van der Waals surface area contributed by atoms with Crippen LogP contribution in [0.3, 0.4) is 0 Å². The Morgan fingerprint density at radius 2 is 1.80 bits per heavy atom. The molecule has 0 bridgehead atoms. The normalized spacial score (nSPS) is 13.2. The number of aromatic nitrogens is 4. The van der Waals surface area contributed by atoms with Crippen LogP contribution in [0.4, 0.5) is 11.6 Å². The molecule has 0 unspecified atom stereocenters. The monoisotopic (exact) mass is 401 g/mol. The summed E-state index contributed by atoms with van der Waals surface area (Å²) >= 11 is 0. The molecule has 0 fully saturated rings. The van der Waals surface area contributed by atoms with Crippen molar-refractivity contribution in [1.82, 2.24) is 18.7 Å². The van der Waals surface area contributed by atoms with Crippen LogP contribution in [0.1, 0.15) is 16.7 Å². The maximum atomic E-state index is 13.4. The maximum Gasteiger partial charge on any atom is 0.332 e. The molecule has 4 aromatic rings. The molecule has 2 aromatic carbocycles. The molecule has 0 saturated carbocycles. The van der Waals surface area contributed by atoms with Crippen molar-refractivity contribution in [2.24, 2.45) is 7.05 Å². The zero-order valence-electron chi connectivity index (χ0n) is 17.3. The fourth-order valence-electron chi connectivity index (χ4n) is 4.22. The molecule has 3 heterocycles. The minimum atomic E-state index is -0.352. The largest absolute Gasteiger partial charge is 0.332 e. The van der Waals surface area contributed by atoms with E-state index in [1.807, 2.05) is 47.9 Å². The van der Waals surface area contributed by atoms with Crippen molar-refractivity contribution in [2.75, 3.05) is 11.4 Å². The third kappa shape index (κ3) is 2.69. The number of hydrogen-bond donors (Lipinski definition) is 0. The van der Waals surface area contributed by atoms with E-state index in [1.54, 1.807) is 7.05 Å². The number of rotatable bonds is 3. The summed E-state index contributed by atoms with van der Waals surface area (Å²) in [5.41, 5.74) is 4.48. The highest BCUT2D eigenvalue weighted by molar-refractivity contribution is 5.77. The number of anilines is 2. The average molecular weight is 401 g/mol. The van der Waals surface area contributed by atoms with Gasteiger partial charge in [0.15, 0.2) is 11.2 Å². The standard InChI is InChI=1S/C23H23N5O2/c1-15-7-6-10-18(13-15)26-11-12-27-19-20(24-22(26)27)25(3)23(30)28(21(19)29)14-17-9-5-4-8-16(17)2/h4-10,13H,11-12,14H2,1-3H3. The second-order valence-corrected chi connectivity index (χ2v) is 7.89.